The average Bonchev–Trinajstić information content (AvgIpc) is 2.91. The van der Waals surface area contributed by atoms with Gasteiger partial charge in [-0.25, -0.2) is 13.6 Å². The van der Waals surface area contributed by atoms with Crippen LogP contribution >= 0.6 is 0 Å². The molecule has 3 atom stereocenters. The highest BCUT2D eigenvalue weighted by atomic mass is 19.1. The first kappa shape index (κ1) is 28.2. The van der Waals surface area contributed by atoms with E-state index in [-0.39, 0.29) is 42.8 Å². The number of carbonyl (C=O) groups is 2. The number of hydrogen-bond acceptors (Lipinski definition) is 5. The monoisotopic (exact) mass is 537 g/mol. The number of morpholine rings is 1. The first-order chi connectivity index (χ1) is 18.8. The van der Waals surface area contributed by atoms with Gasteiger partial charge in [0.2, 0.25) is 5.91 Å². The summed E-state index contributed by atoms with van der Waals surface area (Å²) >= 11 is 0. The van der Waals surface area contributed by atoms with Gasteiger partial charge >= 0.3 is 6.09 Å². The quantitative estimate of drug-likeness (QED) is 0.344. The molecule has 0 saturated carbocycles. The van der Waals surface area contributed by atoms with E-state index in [0.29, 0.717) is 37.2 Å². The molecule has 4 N–H and O–H groups in total. The first-order valence-corrected chi connectivity index (χ1v) is 12.9. The van der Waals surface area contributed by atoms with Crippen molar-refractivity contribution in [2.75, 3.05) is 25.1 Å². The van der Waals surface area contributed by atoms with Crippen molar-refractivity contribution in [1.82, 2.24) is 5.32 Å². The maximum absolute atomic E-state index is 14.9. The van der Waals surface area contributed by atoms with Gasteiger partial charge in [0.25, 0.3) is 0 Å². The maximum atomic E-state index is 14.9. The van der Waals surface area contributed by atoms with E-state index in [1.54, 1.807) is 24.3 Å². The first-order valence-electron chi connectivity index (χ1n) is 12.9. The zero-order chi connectivity index (χ0) is 27.8. The Morgan fingerprint density at radius 1 is 1.10 bits per heavy atom. The Morgan fingerprint density at radius 3 is 2.56 bits per heavy atom. The molecule has 0 aliphatic carbocycles. The van der Waals surface area contributed by atoms with E-state index in [4.69, 9.17) is 15.2 Å². The summed E-state index contributed by atoms with van der Waals surface area (Å²) < 4.78 is 39.1. The molecule has 7 nitrogen and oxygen atoms in total. The largest absolute Gasteiger partial charge is 0.448 e. The van der Waals surface area contributed by atoms with Gasteiger partial charge in [-0.1, -0.05) is 48.0 Å². The summed E-state index contributed by atoms with van der Waals surface area (Å²) in [7, 11) is 0. The number of amides is 2. The van der Waals surface area contributed by atoms with E-state index >= 15 is 0 Å². The van der Waals surface area contributed by atoms with Crippen molar-refractivity contribution in [2.24, 2.45) is 5.73 Å². The lowest BCUT2D eigenvalue weighted by molar-refractivity contribution is -0.116. The van der Waals surface area contributed by atoms with Crippen LogP contribution in [-0.2, 0) is 20.7 Å². The minimum Gasteiger partial charge on any atom is -0.448 e. The summed E-state index contributed by atoms with van der Waals surface area (Å²) in [6.45, 7) is 2.94. The summed E-state index contributed by atoms with van der Waals surface area (Å²) in [4.78, 5) is 24.0. The molecule has 3 aromatic rings. The van der Waals surface area contributed by atoms with Crippen LogP contribution in [0.4, 0.5) is 19.3 Å². The average molecular weight is 538 g/mol. The molecule has 39 heavy (non-hydrogen) atoms. The standard InChI is InChI=1S/C30H33F2N3O4/c1-19-4-2-5-21(14-19)26(20-8-10-22(31)11-9-20)15-29(36)35-28-7-3-6-27(32)25(28)13-12-24-16-34-23(17-38-24)18-39-30(33)37/h2-11,14,23-24,26,34H,12-13,15-18H2,1H3,(H2,33,37)(H,35,36). The normalized spacial score (nSPS) is 17.8. The van der Waals surface area contributed by atoms with Gasteiger partial charge in [-0.2, -0.15) is 0 Å². The molecule has 0 radical (unpaired) electrons. The minimum absolute atomic E-state index is 0.107. The van der Waals surface area contributed by atoms with Gasteiger partial charge < -0.3 is 25.8 Å². The van der Waals surface area contributed by atoms with Crippen molar-refractivity contribution in [1.29, 1.82) is 0 Å². The number of anilines is 1. The summed E-state index contributed by atoms with van der Waals surface area (Å²) in [5, 5.41) is 6.14. The molecule has 0 aromatic heterocycles. The smallest absolute Gasteiger partial charge is 0.404 e. The lowest BCUT2D eigenvalue weighted by atomic mass is 9.87. The Balaban J connectivity index is 1.41. The highest BCUT2D eigenvalue weighted by molar-refractivity contribution is 5.92. The van der Waals surface area contributed by atoms with Crippen LogP contribution in [0.2, 0.25) is 0 Å². The van der Waals surface area contributed by atoms with E-state index in [0.717, 1.165) is 16.7 Å². The molecule has 0 spiro atoms. The molecule has 9 heteroatoms. The van der Waals surface area contributed by atoms with E-state index in [2.05, 4.69) is 10.6 Å². The SMILES string of the molecule is Cc1cccc(C(CC(=O)Nc2cccc(F)c2CCC2CNC(COC(N)=O)CO2)c2ccc(F)cc2)c1. The van der Waals surface area contributed by atoms with E-state index in [1.807, 2.05) is 31.2 Å². The molecule has 1 saturated heterocycles. The van der Waals surface area contributed by atoms with Gasteiger partial charge in [0.15, 0.2) is 0 Å². The molecule has 2 amide bonds. The van der Waals surface area contributed by atoms with Crippen LogP contribution in [-0.4, -0.2) is 43.9 Å². The van der Waals surface area contributed by atoms with Crippen molar-refractivity contribution >= 4 is 17.7 Å². The van der Waals surface area contributed by atoms with Gasteiger partial charge in [0.1, 0.15) is 18.2 Å². The zero-order valence-corrected chi connectivity index (χ0v) is 21.8. The van der Waals surface area contributed by atoms with Crippen molar-refractivity contribution < 1.29 is 27.8 Å². The third kappa shape index (κ3) is 8.08. The molecule has 3 aromatic carbocycles. The van der Waals surface area contributed by atoms with Crippen molar-refractivity contribution in [3.63, 3.8) is 0 Å². The Labute approximate surface area is 226 Å². The van der Waals surface area contributed by atoms with E-state index in [9.17, 15) is 18.4 Å². The molecular weight excluding hydrogens is 504 g/mol. The van der Waals surface area contributed by atoms with Crippen LogP contribution in [0.25, 0.3) is 0 Å². The molecule has 0 bridgehead atoms. The number of nitrogens with two attached hydrogens (primary N) is 1. The number of carbonyl (C=O) groups excluding carboxylic acids is 2. The van der Waals surface area contributed by atoms with Gasteiger partial charge in [-0.3, -0.25) is 4.79 Å². The predicted octanol–water partition coefficient (Wildman–Crippen LogP) is 4.82. The second kappa shape index (κ2) is 13.3. The highest BCUT2D eigenvalue weighted by Crippen LogP contribution is 2.30. The highest BCUT2D eigenvalue weighted by Gasteiger charge is 2.24. The number of primary amides is 1. The number of hydrogen-bond donors (Lipinski definition) is 3. The second-order valence-corrected chi connectivity index (χ2v) is 9.77. The summed E-state index contributed by atoms with van der Waals surface area (Å²) in [5.74, 6) is -1.32. The topological polar surface area (TPSA) is 103 Å². The molecule has 1 fully saturated rings. The fourth-order valence-electron chi connectivity index (χ4n) is 4.78. The van der Waals surface area contributed by atoms with E-state index < -0.39 is 11.9 Å². The van der Waals surface area contributed by atoms with Crippen molar-refractivity contribution in [2.45, 2.75) is 44.2 Å². The van der Waals surface area contributed by atoms with Crippen LogP contribution in [0.3, 0.4) is 0 Å². The molecule has 4 rings (SSSR count). The summed E-state index contributed by atoms with van der Waals surface area (Å²) in [5.41, 5.74) is 8.63. The molecule has 1 heterocycles. The Kier molecular flexibility index (Phi) is 9.62. The predicted molar refractivity (Wildman–Crippen MR) is 144 cm³/mol. The van der Waals surface area contributed by atoms with E-state index in [1.165, 1.54) is 18.2 Å². The molecule has 206 valence electrons. The Hall–Kier alpha value is -3.82. The number of halogens is 2. The Bertz CT molecular complexity index is 1280. The number of aryl methyl sites for hydroxylation is 1. The molecule has 1 aliphatic heterocycles. The maximum Gasteiger partial charge on any atom is 0.404 e. The lowest BCUT2D eigenvalue weighted by Gasteiger charge is -2.30. The summed E-state index contributed by atoms with van der Waals surface area (Å²) in [6.07, 6.45) is -0.00821. The third-order valence-corrected chi connectivity index (χ3v) is 6.81. The molecule has 3 unspecified atom stereocenters. The van der Waals surface area contributed by atoms with Gasteiger partial charge in [0, 0.05) is 30.1 Å². The summed E-state index contributed by atoms with van der Waals surface area (Å²) in [6, 6.07) is 18.5. The zero-order valence-electron chi connectivity index (χ0n) is 21.8. The molecule has 1 aliphatic rings. The second-order valence-electron chi connectivity index (χ2n) is 9.77. The fourth-order valence-corrected chi connectivity index (χ4v) is 4.78. The number of nitrogens with one attached hydrogen (secondary N) is 2. The lowest BCUT2D eigenvalue weighted by Crippen LogP contribution is -2.49. The van der Waals surface area contributed by atoms with Gasteiger partial charge in [-0.15, -0.1) is 0 Å². The minimum atomic E-state index is -0.837. The van der Waals surface area contributed by atoms with Crippen LogP contribution in [0.15, 0.2) is 66.7 Å². The van der Waals surface area contributed by atoms with Crippen LogP contribution < -0.4 is 16.4 Å². The van der Waals surface area contributed by atoms with Gasteiger partial charge in [0.05, 0.1) is 18.8 Å². The number of rotatable bonds is 10. The van der Waals surface area contributed by atoms with Crippen LogP contribution in [0, 0.1) is 18.6 Å². The van der Waals surface area contributed by atoms with Crippen LogP contribution in [0.1, 0.15) is 41.0 Å². The van der Waals surface area contributed by atoms with Crippen LogP contribution in [0.5, 0.6) is 0 Å². The molecular formula is C30H33F2N3O4. The van der Waals surface area contributed by atoms with Crippen molar-refractivity contribution in [3.8, 4) is 0 Å². The third-order valence-electron chi connectivity index (χ3n) is 6.81. The van der Waals surface area contributed by atoms with Crippen molar-refractivity contribution in [3.05, 3.63) is 101 Å². The van der Waals surface area contributed by atoms with Gasteiger partial charge in [-0.05, 0) is 55.2 Å². The Morgan fingerprint density at radius 2 is 1.87 bits per heavy atom. The number of benzene rings is 3. The number of ether oxygens (including phenoxy) is 2. The fraction of sp³-hybridized carbons (Fsp3) is 0.333.